The van der Waals surface area contributed by atoms with Crippen molar-refractivity contribution >= 4 is 5.97 Å². The van der Waals surface area contributed by atoms with E-state index in [2.05, 4.69) is 0 Å². The topological polar surface area (TPSA) is 66.8 Å². The molecule has 0 amide bonds. The molecule has 4 nitrogen and oxygen atoms in total. The maximum absolute atomic E-state index is 11.1. The highest BCUT2D eigenvalue weighted by Crippen LogP contribution is 2.41. The van der Waals surface area contributed by atoms with E-state index >= 15 is 0 Å². The molecule has 2 N–H and O–H groups in total. The van der Waals surface area contributed by atoms with Crippen molar-refractivity contribution < 1.29 is 19.7 Å². The van der Waals surface area contributed by atoms with E-state index in [1.165, 1.54) is 0 Å². The Balaban J connectivity index is 2.81. The van der Waals surface area contributed by atoms with Crippen molar-refractivity contribution in [3.8, 4) is 0 Å². The average Bonchev–Trinajstić information content (AvgIpc) is 2.15. The molecule has 0 aromatic rings. The fourth-order valence-corrected chi connectivity index (χ4v) is 2.74. The van der Waals surface area contributed by atoms with Gasteiger partial charge in [0.15, 0.2) is 0 Å². The minimum atomic E-state index is -0.818. The monoisotopic (exact) mass is 244 g/mol. The average molecular weight is 244 g/mol. The van der Waals surface area contributed by atoms with Gasteiger partial charge < -0.3 is 14.9 Å². The summed E-state index contributed by atoms with van der Waals surface area (Å²) in [4.78, 5) is 11.1. The lowest BCUT2D eigenvalue weighted by Gasteiger charge is -2.48. The molecule has 0 aromatic heterocycles. The molecule has 0 bridgehead atoms. The molecule has 4 heteroatoms. The van der Waals surface area contributed by atoms with Crippen molar-refractivity contribution in [1.29, 1.82) is 0 Å². The van der Waals surface area contributed by atoms with Crippen LogP contribution >= 0.6 is 0 Å². The molecule has 3 atom stereocenters. The van der Waals surface area contributed by atoms with Gasteiger partial charge in [0.1, 0.15) is 0 Å². The number of ether oxygens (including phenoxy) is 1. The summed E-state index contributed by atoms with van der Waals surface area (Å²) in [5.41, 5.74) is -1.35. The highest BCUT2D eigenvalue weighted by Gasteiger charge is 2.49. The predicted octanol–water partition coefficient (Wildman–Crippen LogP) is 2.20. The SMILES string of the molecule is CCC[C@H](O)[C@@]1(C)CC[C@@H](C(=O)O)C(C)(C)O1. The summed E-state index contributed by atoms with van der Waals surface area (Å²) >= 11 is 0. The predicted molar refractivity (Wildman–Crippen MR) is 64.8 cm³/mol. The summed E-state index contributed by atoms with van der Waals surface area (Å²) in [5.74, 6) is -1.31. The molecule has 1 fully saturated rings. The Morgan fingerprint density at radius 3 is 2.47 bits per heavy atom. The zero-order valence-corrected chi connectivity index (χ0v) is 11.2. The first kappa shape index (κ1) is 14.5. The lowest BCUT2D eigenvalue weighted by molar-refractivity contribution is -0.233. The Labute approximate surface area is 103 Å². The van der Waals surface area contributed by atoms with Crippen LogP contribution < -0.4 is 0 Å². The van der Waals surface area contributed by atoms with Crippen molar-refractivity contribution in [2.75, 3.05) is 0 Å². The summed E-state index contributed by atoms with van der Waals surface area (Å²) < 4.78 is 5.92. The third-order valence-corrected chi connectivity index (χ3v) is 3.83. The van der Waals surface area contributed by atoms with Gasteiger partial charge in [-0.3, -0.25) is 4.79 Å². The van der Waals surface area contributed by atoms with Crippen LogP contribution in [0.5, 0.6) is 0 Å². The van der Waals surface area contributed by atoms with Crippen LogP contribution in [0.3, 0.4) is 0 Å². The van der Waals surface area contributed by atoms with Gasteiger partial charge in [0.2, 0.25) is 0 Å². The van der Waals surface area contributed by atoms with Gasteiger partial charge in [-0.1, -0.05) is 13.3 Å². The van der Waals surface area contributed by atoms with E-state index in [9.17, 15) is 9.90 Å². The number of aliphatic carboxylic acids is 1. The van der Waals surface area contributed by atoms with Crippen molar-refractivity contribution in [3.05, 3.63) is 0 Å². The number of hydrogen-bond acceptors (Lipinski definition) is 3. The summed E-state index contributed by atoms with van der Waals surface area (Å²) in [6.45, 7) is 7.48. The highest BCUT2D eigenvalue weighted by molar-refractivity contribution is 5.71. The third kappa shape index (κ3) is 2.99. The Kier molecular flexibility index (Phi) is 4.20. The Morgan fingerprint density at radius 1 is 1.47 bits per heavy atom. The van der Waals surface area contributed by atoms with Gasteiger partial charge in [0, 0.05) is 0 Å². The van der Waals surface area contributed by atoms with Crippen LogP contribution in [0.1, 0.15) is 53.4 Å². The van der Waals surface area contributed by atoms with Crippen LogP contribution in [0, 0.1) is 5.92 Å². The minimum Gasteiger partial charge on any atom is -0.481 e. The highest BCUT2D eigenvalue weighted by atomic mass is 16.5. The fourth-order valence-electron chi connectivity index (χ4n) is 2.74. The molecule has 17 heavy (non-hydrogen) atoms. The molecular weight excluding hydrogens is 220 g/mol. The lowest BCUT2D eigenvalue weighted by atomic mass is 9.76. The number of aliphatic hydroxyl groups is 1. The van der Waals surface area contributed by atoms with Gasteiger partial charge >= 0.3 is 5.97 Å². The standard InChI is InChI=1S/C13H24O4/c1-5-6-10(14)13(4)8-7-9(11(15)16)12(2,3)17-13/h9-10,14H,5-8H2,1-4H3,(H,15,16)/t9-,10-,13+/m0/s1. The molecule has 0 saturated carbocycles. The van der Waals surface area contributed by atoms with Crippen molar-refractivity contribution in [2.24, 2.45) is 5.92 Å². The van der Waals surface area contributed by atoms with Gasteiger partial charge in [0.25, 0.3) is 0 Å². The molecule has 1 saturated heterocycles. The van der Waals surface area contributed by atoms with E-state index in [0.29, 0.717) is 19.3 Å². The van der Waals surface area contributed by atoms with Crippen LogP contribution in [-0.4, -0.2) is 33.5 Å². The molecule has 0 radical (unpaired) electrons. The summed E-state index contributed by atoms with van der Waals surface area (Å²) in [7, 11) is 0. The molecule has 1 aliphatic rings. The molecule has 0 aromatic carbocycles. The maximum atomic E-state index is 11.1. The molecule has 1 aliphatic heterocycles. The number of carboxylic acids is 1. The van der Waals surface area contributed by atoms with Gasteiger partial charge in [-0.25, -0.2) is 0 Å². The van der Waals surface area contributed by atoms with Crippen LogP contribution in [0.15, 0.2) is 0 Å². The number of hydrogen-bond donors (Lipinski definition) is 2. The summed E-state index contributed by atoms with van der Waals surface area (Å²) in [6.07, 6.45) is 2.20. The van der Waals surface area contributed by atoms with E-state index in [4.69, 9.17) is 9.84 Å². The quantitative estimate of drug-likeness (QED) is 0.795. The molecule has 1 rings (SSSR count). The Hall–Kier alpha value is -0.610. The van der Waals surface area contributed by atoms with Crippen LogP contribution in [0.2, 0.25) is 0 Å². The van der Waals surface area contributed by atoms with E-state index in [1.54, 1.807) is 13.8 Å². The normalized spacial score (nSPS) is 34.3. The molecule has 1 heterocycles. The second kappa shape index (κ2) is 4.94. The third-order valence-electron chi connectivity index (χ3n) is 3.83. The first-order valence-electron chi connectivity index (χ1n) is 6.34. The Morgan fingerprint density at radius 2 is 2.06 bits per heavy atom. The maximum Gasteiger partial charge on any atom is 0.309 e. The van der Waals surface area contributed by atoms with Crippen LogP contribution in [0.4, 0.5) is 0 Å². The van der Waals surface area contributed by atoms with Gasteiger partial charge in [-0.05, 0) is 40.0 Å². The summed E-state index contributed by atoms with van der Waals surface area (Å²) in [5, 5.41) is 19.3. The largest absolute Gasteiger partial charge is 0.481 e. The van der Waals surface area contributed by atoms with Crippen LogP contribution in [-0.2, 0) is 9.53 Å². The van der Waals surface area contributed by atoms with Gasteiger partial charge in [0.05, 0.1) is 23.2 Å². The molecule has 0 unspecified atom stereocenters. The first-order valence-corrected chi connectivity index (χ1v) is 6.34. The smallest absolute Gasteiger partial charge is 0.309 e. The van der Waals surface area contributed by atoms with E-state index in [1.807, 2.05) is 13.8 Å². The van der Waals surface area contributed by atoms with Crippen molar-refractivity contribution in [1.82, 2.24) is 0 Å². The minimum absolute atomic E-state index is 0.496. The number of rotatable bonds is 4. The fraction of sp³-hybridized carbons (Fsp3) is 0.923. The molecule has 0 aliphatic carbocycles. The number of aliphatic hydroxyl groups excluding tert-OH is 1. The van der Waals surface area contributed by atoms with Gasteiger partial charge in [-0.2, -0.15) is 0 Å². The zero-order chi connectivity index (χ0) is 13.3. The molecular formula is C13H24O4. The Bertz CT molecular complexity index is 287. The van der Waals surface area contributed by atoms with Crippen molar-refractivity contribution in [2.45, 2.75) is 70.7 Å². The molecule has 0 spiro atoms. The van der Waals surface area contributed by atoms with E-state index < -0.39 is 29.2 Å². The van der Waals surface area contributed by atoms with Crippen LogP contribution in [0.25, 0.3) is 0 Å². The number of carbonyl (C=O) groups is 1. The van der Waals surface area contributed by atoms with E-state index in [0.717, 1.165) is 6.42 Å². The van der Waals surface area contributed by atoms with Crippen molar-refractivity contribution in [3.63, 3.8) is 0 Å². The van der Waals surface area contributed by atoms with Gasteiger partial charge in [-0.15, -0.1) is 0 Å². The number of carboxylic acid groups (broad SMARTS) is 1. The molecule has 100 valence electrons. The second-order valence-electron chi connectivity index (χ2n) is 5.75. The first-order chi connectivity index (χ1) is 7.73. The van der Waals surface area contributed by atoms with E-state index in [-0.39, 0.29) is 0 Å². The second-order valence-corrected chi connectivity index (χ2v) is 5.75. The lowest BCUT2D eigenvalue weighted by Crippen LogP contribution is -2.56. The zero-order valence-electron chi connectivity index (χ0n) is 11.2. The summed E-state index contributed by atoms with van der Waals surface area (Å²) in [6, 6.07) is 0.